The molecule has 0 spiro atoms. The second kappa shape index (κ2) is 12.7. The molecule has 1 unspecified atom stereocenters. The first-order valence-corrected chi connectivity index (χ1v) is 14.1. The maximum atomic E-state index is 13.1. The summed E-state index contributed by atoms with van der Waals surface area (Å²) in [7, 11) is 3.82. The van der Waals surface area contributed by atoms with Crippen LogP contribution in [0.4, 0.5) is 0 Å². The second-order valence-electron chi connectivity index (χ2n) is 9.13. The van der Waals surface area contributed by atoms with E-state index in [9.17, 15) is 4.79 Å². The number of rotatable bonds is 4. The lowest BCUT2D eigenvalue weighted by Gasteiger charge is -2.32. The monoisotopic (exact) mass is 561 g/mol. The third-order valence-electron chi connectivity index (χ3n) is 7.07. The van der Waals surface area contributed by atoms with E-state index < -0.39 is 5.41 Å². The number of hydrogen-bond donors (Lipinski definition) is 0. The SMILES string of the molecule is CC.CC.Cc1c(-c2cccc(Cl)c2)c2cc(C(C)(c3ccc(Cl)cc3)c3cncn3C)ccc2n(C)c1=O. The summed E-state index contributed by atoms with van der Waals surface area (Å²) in [5, 5.41) is 2.31. The fraction of sp³-hybridized carbons (Fsp3) is 0.273. The molecule has 6 heteroatoms. The number of benzene rings is 3. The number of aryl methyl sites for hydroxylation is 2. The van der Waals surface area contributed by atoms with E-state index in [1.54, 1.807) is 4.57 Å². The van der Waals surface area contributed by atoms with Crippen LogP contribution >= 0.6 is 23.2 Å². The van der Waals surface area contributed by atoms with Gasteiger partial charge in [-0.3, -0.25) is 4.79 Å². The van der Waals surface area contributed by atoms with E-state index in [4.69, 9.17) is 23.2 Å². The molecule has 0 amide bonds. The molecule has 0 N–H and O–H groups in total. The zero-order chi connectivity index (χ0) is 28.9. The summed E-state index contributed by atoms with van der Waals surface area (Å²) < 4.78 is 3.76. The Morgan fingerprint density at radius 2 is 1.46 bits per heavy atom. The molecule has 5 aromatic rings. The van der Waals surface area contributed by atoms with Crippen LogP contribution in [0.15, 0.2) is 84.0 Å². The van der Waals surface area contributed by atoms with E-state index in [0.29, 0.717) is 15.6 Å². The van der Waals surface area contributed by atoms with Gasteiger partial charge in [-0.2, -0.15) is 0 Å². The van der Waals surface area contributed by atoms with Crippen molar-refractivity contribution < 1.29 is 0 Å². The van der Waals surface area contributed by atoms with Crippen LogP contribution in [-0.4, -0.2) is 14.1 Å². The van der Waals surface area contributed by atoms with Crippen molar-refractivity contribution in [2.75, 3.05) is 0 Å². The van der Waals surface area contributed by atoms with Gasteiger partial charge in [0.05, 0.1) is 23.0 Å². The van der Waals surface area contributed by atoms with Crippen LogP contribution in [0.3, 0.4) is 0 Å². The molecule has 0 aliphatic rings. The topological polar surface area (TPSA) is 39.8 Å². The number of halogens is 2. The van der Waals surface area contributed by atoms with Crippen LogP contribution < -0.4 is 5.56 Å². The van der Waals surface area contributed by atoms with E-state index in [1.807, 2.05) is 108 Å². The minimum atomic E-state index is -0.516. The van der Waals surface area contributed by atoms with Crippen molar-refractivity contribution in [2.24, 2.45) is 14.1 Å². The van der Waals surface area contributed by atoms with Gasteiger partial charge >= 0.3 is 0 Å². The first kappa shape index (κ1) is 30.2. The van der Waals surface area contributed by atoms with Gasteiger partial charge in [0.2, 0.25) is 0 Å². The molecule has 2 heterocycles. The molecular formula is C33H37Cl2N3O. The number of imidazole rings is 1. The van der Waals surface area contributed by atoms with Gasteiger partial charge in [0.1, 0.15) is 0 Å². The van der Waals surface area contributed by atoms with E-state index in [-0.39, 0.29) is 5.56 Å². The van der Waals surface area contributed by atoms with Gasteiger partial charge in [-0.15, -0.1) is 0 Å². The molecule has 0 fully saturated rings. The summed E-state index contributed by atoms with van der Waals surface area (Å²) in [6, 6.07) is 21.9. The van der Waals surface area contributed by atoms with Crippen molar-refractivity contribution in [2.45, 2.75) is 47.0 Å². The van der Waals surface area contributed by atoms with Crippen LogP contribution in [0.1, 0.15) is 57.0 Å². The quantitative estimate of drug-likeness (QED) is 0.219. The summed E-state index contributed by atoms with van der Waals surface area (Å²) in [6.07, 6.45) is 3.72. The summed E-state index contributed by atoms with van der Waals surface area (Å²) in [6.45, 7) is 12.1. The fourth-order valence-electron chi connectivity index (χ4n) is 5.11. The standard InChI is InChI=1S/C29H25Cl2N3O.2C2H6/c1-18-27(19-6-5-7-23(31)14-19)24-15-21(10-13-25(24)34(4)28(18)35)29(2,26-16-32-17-33(26)3)20-8-11-22(30)12-9-20;2*1-2/h5-17H,1-4H3;2*1-2H3. The third kappa shape index (κ3) is 5.54. The van der Waals surface area contributed by atoms with Gasteiger partial charge in [-0.05, 0) is 72.5 Å². The molecule has 204 valence electrons. The van der Waals surface area contributed by atoms with Gasteiger partial charge in [-0.25, -0.2) is 4.98 Å². The van der Waals surface area contributed by atoms with Crippen molar-refractivity contribution in [1.29, 1.82) is 0 Å². The lowest BCUT2D eigenvalue weighted by atomic mass is 9.73. The van der Waals surface area contributed by atoms with E-state index >= 15 is 0 Å². The van der Waals surface area contributed by atoms with Crippen LogP contribution in [0.25, 0.3) is 22.0 Å². The Morgan fingerprint density at radius 1 is 0.821 bits per heavy atom. The minimum absolute atomic E-state index is 0.0210. The fourth-order valence-corrected chi connectivity index (χ4v) is 5.43. The van der Waals surface area contributed by atoms with Crippen LogP contribution in [-0.2, 0) is 19.5 Å². The van der Waals surface area contributed by atoms with Crippen molar-refractivity contribution >= 4 is 34.1 Å². The van der Waals surface area contributed by atoms with E-state index in [0.717, 1.165) is 38.9 Å². The molecule has 2 aromatic heterocycles. The first-order chi connectivity index (χ1) is 18.7. The van der Waals surface area contributed by atoms with Gasteiger partial charge in [0.25, 0.3) is 5.56 Å². The third-order valence-corrected chi connectivity index (χ3v) is 7.56. The maximum Gasteiger partial charge on any atom is 0.254 e. The summed E-state index contributed by atoms with van der Waals surface area (Å²) in [4.78, 5) is 17.5. The van der Waals surface area contributed by atoms with Gasteiger partial charge in [-0.1, -0.05) is 81.2 Å². The van der Waals surface area contributed by atoms with E-state index in [1.165, 1.54) is 0 Å². The zero-order valence-corrected chi connectivity index (χ0v) is 25.5. The molecule has 39 heavy (non-hydrogen) atoms. The van der Waals surface area contributed by atoms with Crippen LogP contribution in [0, 0.1) is 6.92 Å². The Kier molecular flexibility index (Phi) is 9.82. The van der Waals surface area contributed by atoms with Crippen LogP contribution in [0.2, 0.25) is 10.0 Å². The highest BCUT2D eigenvalue weighted by Gasteiger charge is 2.34. The molecule has 0 bridgehead atoms. The van der Waals surface area contributed by atoms with Gasteiger partial charge in [0, 0.05) is 41.3 Å². The summed E-state index contributed by atoms with van der Waals surface area (Å²) in [5.74, 6) is 0. The number of fused-ring (bicyclic) bond motifs is 1. The van der Waals surface area contributed by atoms with Gasteiger partial charge < -0.3 is 9.13 Å². The average Bonchev–Trinajstić information content (AvgIpc) is 3.40. The Bertz CT molecular complexity index is 1630. The Morgan fingerprint density at radius 3 is 2.05 bits per heavy atom. The Balaban J connectivity index is 0.00000100. The number of pyridine rings is 1. The van der Waals surface area contributed by atoms with Crippen molar-refractivity contribution in [3.8, 4) is 11.1 Å². The number of aromatic nitrogens is 3. The molecule has 0 saturated carbocycles. The first-order valence-electron chi connectivity index (χ1n) is 13.3. The highest BCUT2D eigenvalue weighted by atomic mass is 35.5. The molecular weight excluding hydrogens is 525 g/mol. The van der Waals surface area contributed by atoms with Gasteiger partial charge in [0.15, 0.2) is 0 Å². The lowest BCUT2D eigenvalue weighted by Crippen LogP contribution is -2.28. The minimum Gasteiger partial charge on any atom is -0.337 e. The highest BCUT2D eigenvalue weighted by Crippen LogP contribution is 2.41. The molecule has 0 aliphatic carbocycles. The predicted octanol–water partition coefficient (Wildman–Crippen LogP) is 8.96. The summed E-state index contributed by atoms with van der Waals surface area (Å²) >= 11 is 12.6. The molecule has 5 rings (SSSR count). The Labute approximate surface area is 241 Å². The van der Waals surface area contributed by atoms with Crippen LogP contribution in [0.5, 0.6) is 0 Å². The number of hydrogen-bond acceptors (Lipinski definition) is 2. The summed E-state index contributed by atoms with van der Waals surface area (Å²) in [5.41, 5.74) is 6.05. The smallest absolute Gasteiger partial charge is 0.254 e. The van der Waals surface area contributed by atoms with Crippen molar-refractivity contribution in [3.05, 3.63) is 122 Å². The molecule has 3 aromatic carbocycles. The number of nitrogens with zero attached hydrogens (tertiary/aromatic N) is 3. The Hall–Kier alpha value is -3.34. The predicted molar refractivity (Wildman–Crippen MR) is 167 cm³/mol. The van der Waals surface area contributed by atoms with E-state index in [2.05, 4.69) is 36.2 Å². The molecule has 0 radical (unpaired) electrons. The zero-order valence-electron chi connectivity index (χ0n) is 24.0. The molecule has 0 aliphatic heterocycles. The normalized spacial score (nSPS) is 12.2. The molecule has 1 atom stereocenters. The maximum absolute atomic E-state index is 13.1. The largest absolute Gasteiger partial charge is 0.337 e. The van der Waals surface area contributed by atoms with Crippen molar-refractivity contribution in [3.63, 3.8) is 0 Å². The second-order valence-corrected chi connectivity index (χ2v) is 10.0. The van der Waals surface area contributed by atoms with Crippen molar-refractivity contribution in [1.82, 2.24) is 14.1 Å². The highest BCUT2D eigenvalue weighted by molar-refractivity contribution is 6.31. The lowest BCUT2D eigenvalue weighted by molar-refractivity contribution is 0.626. The average molecular weight is 563 g/mol. The molecule has 0 saturated heterocycles. The molecule has 4 nitrogen and oxygen atoms in total.